The summed E-state index contributed by atoms with van der Waals surface area (Å²) < 4.78 is 4.93. The van der Waals surface area contributed by atoms with Gasteiger partial charge in [-0.1, -0.05) is 18.2 Å². The zero-order valence-corrected chi connectivity index (χ0v) is 10.0. The summed E-state index contributed by atoms with van der Waals surface area (Å²) in [7, 11) is 0. The van der Waals surface area contributed by atoms with Crippen LogP contribution in [0.15, 0.2) is 24.3 Å². The Morgan fingerprint density at radius 3 is 2.83 bits per heavy atom. The SMILES string of the molecule is CCOC(=O)c1[nH]c2ccccc2c1C(O)CO. The van der Waals surface area contributed by atoms with Crippen LogP contribution in [0.2, 0.25) is 0 Å². The molecule has 96 valence electrons. The molecule has 1 heterocycles. The Balaban J connectivity index is 2.60. The van der Waals surface area contributed by atoms with E-state index >= 15 is 0 Å². The molecule has 0 saturated heterocycles. The van der Waals surface area contributed by atoms with Crippen molar-refractivity contribution in [2.75, 3.05) is 13.2 Å². The summed E-state index contributed by atoms with van der Waals surface area (Å²) in [6, 6.07) is 7.20. The standard InChI is InChI=1S/C13H15NO4/c1-2-18-13(17)12-11(10(16)7-15)8-5-3-4-6-9(8)14-12/h3-6,10,14-16H,2,7H2,1H3. The molecule has 2 aromatic rings. The molecule has 0 aliphatic heterocycles. The molecule has 0 saturated carbocycles. The molecule has 0 fully saturated rings. The van der Waals surface area contributed by atoms with Crippen molar-refractivity contribution in [3.05, 3.63) is 35.5 Å². The van der Waals surface area contributed by atoms with Crippen molar-refractivity contribution in [3.8, 4) is 0 Å². The van der Waals surface area contributed by atoms with Gasteiger partial charge in [-0.3, -0.25) is 0 Å². The highest BCUT2D eigenvalue weighted by molar-refractivity contribution is 5.98. The lowest BCUT2D eigenvalue weighted by Crippen LogP contribution is -2.12. The Morgan fingerprint density at radius 1 is 1.44 bits per heavy atom. The monoisotopic (exact) mass is 249 g/mol. The zero-order valence-electron chi connectivity index (χ0n) is 10.0. The quantitative estimate of drug-likeness (QED) is 0.715. The summed E-state index contributed by atoms with van der Waals surface area (Å²) in [4.78, 5) is 14.7. The number of esters is 1. The largest absolute Gasteiger partial charge is 0.461 e. The highest BCUT2D eigenvalue weighted by Gasteiger charge is 2.23. The molecule has 1 unspecified atom stereocenters. The van der Waals surface area contributed by atoms with Gasteiger partial charge in [0.2, 0.25) is 0 Å². The number of aliphatic hydroxyl groups is 2. The van der Waals surface area contributed by atoms with Gasteiger partial charge in [-0.25, -0.2) is 4.79 Å². The average Bonchev–Trinajstić information content (AvgIpc) is 2.77. The molecular formula is C13H15NO4. The molecule has 0 aliphatic carbocycles. The van der Waals surface area contributed by atoms with E-state index in [4.69, 9.17) is 9.84 Å². The third kappa shape index (κ3) is 2.10. The molecule has 5 heteroatoms. The van der Waals surface area contributed by atoms with E-state index in [1.54, 1.807) is 25.1 Å². The predicted molar refractivity (Wildman–Crippen MR) is 66.3 cm³/mol. The lowest BCUT2D eigenvalue weighted by Gasteiger charge is -2.09. The van der Waals surface area contributed by atoms with Crippen molar-refractivity contribution in [2.45, 2.75) is 13.0 Å². The molecule has 0 aliphatic rings. The van der Waals surface area contributed by atoms with Crippen molar-refractivity contribution in [1.82, 2.24) is 4.98 Å². The summed E-state index contributed by atoms with van der Waals surface area (Å²) in [5.74, 6) is -0.531. The molecule has 1 aromatic carbocycles. The number of hydrogen-bond acceptors (Lipinski definition) is 4. The Morgan fingerprint density at radius 2 is 2.17 bits per heavy atom. The van der Waals surface area contributed by atoms with Gasteiger partial charge in [-0.15, -0.1) is 0 Å². The van der Waals surface area contributed by atoms with Crippen molar-refractivity contribution in [3.63, 3.8) is 0 Å². The number of carbonyl (C=O) groups is 1. The molecular weight excluding hydrogens is 234 g/mol. The van der Waals surface area contributed by atoms with Gasteiger partial charge < -0.3 is 19.9 Å². The Hall–Kier alpha value is -1.85. The lowest BCUT2D eigenvalue weighted by molar-refractivity contribution is 0.0505. The number of aromatic amines is 1. The number of benzene rings is 1. The van der Waals surface area contributed by atoms with Crippen LogP contribution >= 0.6 is 0 Å². The summed E-state index contributed by atoms with van der Waals surface area (Å²) in [5, 5.41) is 19.6. The number of aromatic nitrogens is 1. The van der Waals surface area contributed by atoms with Crippen LogP contribution in [0.3, 0.4) is 0 Å². The van der Waals surface area contributed by atoms with E-state index in [0.717, 1.165) is 5.52 Å². The van der Waals surface area contributed by atoms with E-state index in [1.807, 2.05) is 6.07 Å². The second kappa shape index (κ2) is 5.20. The number of aliphatic hydroxyl groups excluding tert-OH is 2. The number of ether oxygens (including phenoxy) is 1. The molecule has 2 rings (SSSR count). The molecule has 0 amide bonds. The molecule has 0 spiro atoms. The fraction of sp³-hybridized carbons (Fsp3) is 0.308. The van der Waals surface area contributed by atoms with Crippen LogP contribution in [0.4, 0.5) is 0 Å². The molecule has 3 N–H and O–H groups in total. The zero-order chi connectivity index (χ0) is 13.1. The van der Waals surface area contributed by atoms with E-state index in [2.05, 4.69) is 4.98 Å². The topological polar surface area (TPSA) is 82.6 Å². The maximum absolute atomic E-state index is 11.8. The number of para-hydroxylation sites is 1. The molecule has 0 radical (unpaired) electrons. The van der Waals surface area contributed by atoms with Crippen LogP contribution in [0.5, 0.6) is 0 Å². The third-order valence-electron chi connectivity index (χ3n) is 2.73. The minimum atomic E-state index is -1.11. The van der Waals surface area contributed by atoms with E-state index in [1.165, 1.54) is 0 Å². The van der Waals surface area contributed by atoms with Crippen LogP contribution in [0, 0.1) is 0 Å². The van der Waals surface area contributed by atoms with Crippen LogP contribution in [0.25, 0.3) is 10.9 Å². The van der Waals surface area contributed by atoms with Crippen LogP contribution in [0.1, 0.15) is 29.1 Å². The number of rotatable bonds is 4. The molecule has 1 atom stereocenters. The third-order valence-corrected chi connectivity index (χ3v) is 2.73. The van der Waals surface area contributed by atoms with Crippen LogP contribution in [-0.2, 0) is 4.74 Å². The van der Waals surface area contributed by atoms with Gasteiger partial charge in [0, 0.05) is 16.5 Å². The summed E-state index contributed by atoms with van der Waals surface area (Å²) in [6.45, 7) is 1.51. The van der Waals surface area contributed by atoms with E-state index < -0.39 is 18.7 Å². The molecule has 5 nitrogen and oxygen atoms in total. The van der Waals surface area contributed by atoms with Crippen molar-refractivity contribution < 1.29 is 19.7 Å². The van der Waals surface area contributed by atoms with Gasteiger partial charge in [0.15, 0.2) is 0 Å². The first kappa shape index (κ1) is 12.6. The second-order valence-electron chi connectivity index (χ2n) is 3.88. The van der Waals surface area contributed by atoms with Gasteiger partial charge in [0.05, 0.1) is 13.2 Å². The number of nitrogens with one attached hydrogen (secondary N) is 1. The van der Waals surface area contributed by atoms with Gasteiger partial charge in [-0.05, 0) is 13.0 Å². The molecule has 1 aromatic heterocycles. The number of carbonyl (C=O) groups excluding carboxylic acids is 1. The lowest BCUT2D eigenvalue weighted by atomic mass is 10.1. The fourth-order valence-corrected chi connectivity index (χ4v) is 1.97. The highest BCUT2D eigenvalue weighted by atomic mass is 16.5. The normalized spacial score (nSPS) is 12.6. The van der Waals surface area contributed by atoms with Gasteiger partial charge in [0.25, 0.3) is 0 Å². The maximum Gasteiger partial charge on any atom is 0.355 e. The minimum absolute atomic E-state index is 0.194. The Kier molecular flexibility index (Phi) is 3.64. The van der Waals surface area contributed by atoms with Gasteiger partial charge >= 0.3 is 5.97 Å². The van der Waals surface area contributed by atoms with Crippen LogP contribution < -0.4 is 0 Å². The average molecular weight is 249 g/mol. The first-order valence-corrected chi connectivity index (χ1v) is 5.75. The number of hydrogen-bond donors (Lipinski definition) is 3. The molecule has 18 heavy (non-hydrogen) atoms. The summed E-state index contributed by atoms with van der Waals surface area (Å²) in [5.41, 5.74) is 1.30. The minimum Gasteiger partial charge on any atom is -0.461 e. The van der Waals surface area contributed by atoms with Gasteiger partial charge in [0.1, 0.15) is 11.8 Å². The van der Waals surface area contributed by atoms with Crippen molar-refractivity contribution >= 4 is 16.9 Å². The van der Waals surface area contributed by atoms with Crippen molar-refractivity contribution in [2.24, 2.45) is 0 Å². The molecule has 0 bridgehead atoms. The summed E-state index contributed by atoms with van der Waals surface area (Å²) >= 11 is 0. The first-order valence-electron chi connectivity index (χ1n) is 5.75. The van der Waals surface area contributed by atoms with Crippen molar-refractivity contribution in [1.29, 1.82) is 0 Å². The number of fused-ring (bicyclic) bond motifs is 1. The Labute approximate surface area is 104 Å². The summed E-state index contributed by atoms with van der Waals surface area (Å²) in [6.07, 6.45) is -1.11. The smallest absolute Gasteiger partial charge is 0.355 e. The fourth-order valence-electron chi connectivity index (χ4n) is 1.97. The van der Waals surface area contributed by atoms with E-state index in [9.17, 15) is 9.90 Å². The predicted octanol–water partition coefficient (Wildman–Crippen LogP) is 1.37. The van der Waals surface area contributed by atoms with E-state index in [0.29, 0.717) is 10.9 Å². The van der Waals surface area contributed by atoms with Gasteiger partial charge in [-0.2, -0.15) is 0 Å². The maximum atomic E-state index is 11.8. The van der Waals surface area contributed by atoms with Crippen LogP contribution in [-0.4, -0.2) is 34.4 Å². The number of H-pyrrole nitrogens is 1. The first-order chi connectivity index (χ1) is 8.69. The van der Waals surface area contributed by atoms with E-state index in [-0.39, 0.29) is 12.3 Å². The Bertz CT molecular complexity index is 561. The highest BCUT2D eigenvalue weighted by Crippen LogP contribution is 2.28. The second-order valence-corrected chi connectivity index (χ2v) is 3.88.